The van der Waals surface area contributed by atoms with Crippen molar-refractivity contribution in [3.8, 4) is 5.75 Å². The van der Waals surface area contributed by atoms with Gasteiger partial charge >= 0.3 is 0 Å². The van der Waals surface area contributed by atoms with E-state index >= 15 is 0 Å². The molecule has 1 unspecified atom stereocenters. The molecule has 0 amide bonds. The first-order valence-electron chi connectivity index (χ1n) is 6.84. The molecular formula is C16H24O3. The van der Waals surface area contributed by atoms with Crippen LogP contribution in [0, 0.1) is 0 Å². The summed E-state index contributed by atoms with van der Waals surface area (Å²) in [6, 6.07) is 7.61. The smallest absolute Gasteiger partial charge is 0.130 e. The van der Waals surface area contributed by atoms with Gasteiger partial charge in [0.05, 0.1) is 11.7 Å². The quantitative estimate of drug-likeness (QED) is 0.908. The van der Waals surface area contributed by atoms with Gasteiger partial charge in [-0.1, -0.05) is 12.1 Å². The van der Waals surface area contributed by atoms with Crippen molar-refractivity contribution >= 4 is 0 Å². The van der Waals surface area contributed by atoms with Gasteiger partial charge < -0.3 is 14.6 Å². The van der Waals surface area contributed by atoms with Crippen molar-refractivity contribution in [3.05, 3.63) is 29.8 Å². The maximum atomic E-state index is 9.49. The zero-order valence-electron chi connectivity index (χ0n) is 12.4. The van der Waals surface area contributed by atoms with Crippen molar-refractivity contribution < 1.29 is 14.6 Å². The van der Waals surface area contributed by atoms with Gasteiger partial charge in [0.25, 0.3) is 0 Å². The molecule has 1 aromatic rings. The topological polar surface area (TPSA) is 38.7 Å². The van der Waals surface area contributed by atoms with E-state index < -0.39 is 6.10 Å². The van der Waals surface area contributed by atoms with Gasteiger partial charge in [0.15, 0.2) is 0 Å². The summed E-state index contributed by atoms with van der Waals surface area (Å²) in [4.78, 5) is 0. The fourth-order valence-electron chi connectivity index (χ4n) is 2.68. The zero-order chi connectivity index (χ0) is 14.3. The Morgan fingerprint density at radius 3 is 2.21 bits per heavy atom. The number of benzene rings is 1. The summed E-state index contributed by atoms with van der Waals surface area (Å²) < 4.78 is 12.1. The highest BCUT2D eigenvalue weighted by Gasteiger charge is 2.47. The molecule has 2 rings (SSSR count). The molecule has 1 aliphatic heterocycles. The molecule has 0 spiro atoms. The highest BCUT2D eigenvalue weighted by molar-refractivity contribution is 5.28. The third-order valence-electron chi connectivity index (χ3n) is 3.63. The second-order valence-electron chi connectivity index (χ2n) is 6.52. The van der Waals surface area contributed by atoms with Crippen molar-refractivity contribution in [1.82, 2.24) is 0 Å². The van der Waals surface area contributed by atoms with Gasteiger partial charge in [0, 0.05) is 6.42 Å². The lowest BCUT2D eigenvalue weighted by atomic mass is 9.97. The van der Waals surface area contributed by atoms with Gasteiger partial charge in [-0.05, 0) is 52.3 Å². The lowest BCUT2D eigenvalue weighted by molar-refractivity contribution is -0.0846. The number of hydrogen-bond donors (Lipinski definition) is 1. The van der Waals surface area contributed by atoms with Crippen molar-refractivity contribution in [2.24, 2.45) is 0 Å². The molecule has 0 aromatic heterocycles. The Morgan fingerprint density at radius 1 is 1.21 bits per heavy atom. The number of hydrogen-bond acceptors (Lipinski definition) is 3. The van der Waals surface area contributed by atoms with E-state index in [4.69, 9.17) is 9.47 Å². The Bertz CT molecular complexity index is 432. The van der Waals surface area contributed by atoms with Gasteiger partial charge in [0.1, 0.15) is 17.5 Å². The Morgan fingerprint density at radius 2 is 1.79 bits per heavy atom. The molecule has 19 heavy (non-hydrogen) atoms. The summed E-state index contributed by atoms with van der Waals surface area (Å²) in [5.74, 6) is 0.823. The van der Waals surface area contributed by atoms with E-state index in [1.54, 1.807) is 6.92 Å². The van der Waals surface area contributed by atoms with Crippen LogP contribution in [0.4, 0.5) is 0 Å². The van der Waals surface area contributed by atoms with Crippen LogP contribution in [0.25, 0.3) is 0 Å². The lowest BCUT2D eigenvalue weighted by Crippen LogP contribution is -2.36. The normalized spacial score (nSPS) is 26.1. The fourth-order valence-corrected chi connectivity index (χ4v) is 2.68. The van der Waals surface area contributed by atoms with Crippen LogP contribution in [0.15, 0.2) is 24.3 Å². The standard InChI is InChI=1S/C16H24O3/c1-11(17)12-6-8-13(9-7-12)18-14-10-15(2,3)19-16(14,4)5/h6-9,11,14,17H,10H2,1-5H3/t11-,14?/m1/s1. The average molecular weight is 264 g/mol. The predicted molar refractivity (Wildman–Crippen MR) is 75.4 cm³/mol. The lowest BCUT2D eigenvalue weighted by Gasteiger charge is -2.27. The minimum atomic E-state index is -0.445. The Kier molecular flexibility index (Phi) is 3.63. The number of aliphatic hydroxyl groups excluding tert-OH is 1. The third-order valence-corrected chi connectivity index (χ3v) is 3.63. The molecule has 0 saturated carbocycles. The van der Waals surface area contributed by atoms with Crippen molar-refractivity contribution in [2.75, 3.05) is 0 Å². The average Bonchev–Trinajstić information content (AvgIpc) is 2.47. The SMILES string of the molecule is C[C@@H](O)c1ccc(OC2CC(C)(C)OC2(C)C)cc1. The molecule has 0 radical (unpaired) electrons. The molecule has 2 atom stereocenters. The van der Waals surface area contributed by atoms with E-state index in [0.717, 1.165) is 17.7 Å². The molecule has 0 bridgehead atoms. The minimum Gasteiger partial charge on any atom is -0.487 e. The second-order valence-corrected chi connectivity index (χ2v) is 6.52. The highest BCUT2D eigenvalue weighted by Crippen LogP contribution is 2.39. The van der Waals surface area contributed by atoms with E-state index in [9.17, 15) is 5.11 Å². The molecular weight excluding hydrogens is 240 g/mol. The van der Waals surface area contributed by atoms with Crippen LogP contribution < -0.4 is 4.74 Å². The first-order valence-corrected chi connectivity index (χ1v) is 6.84. The predicted octanol–water partition coefficient (Wildman–Crippen LogP) is 3.46. The summed E-state index contributed by atoms with van der Waals surface area (Å²) in [5.41, 5.74) is 0.467. The maximum Gasteiger partial charge on any atom is 0.130 e. The third kappa shape index (κ3) is 3.28. The van der Waals surface area contributed by atoms with E-state index in [1.807, 2.05) is 24.3 Å². The Labute approximate surface area is 115 Å². The Hall–Kier alpha value is -1.06. The molecule has 1 aliphatic rings. The van der Waals surface area contributed by atoms with Crippen LogP contribution in [0.2, 0.25) is 0 Å². The van der Waals surface area contributed by atoms with Gasteiger partial charge in [-0.25, -0.2) is 0 Å². The zero-order valence-corrected chi connectivity index (χ0v) is 12.4. The number of aliphatic hydroxyl groups is 1. The van der Waals surface area contributed by atoms with Gasteiger partial charge in [-0.3, -0.25) is 0 Å². The van der Waals surface area contributed by atoms with Gasteiger partial charge in [0.2, 0.25) is 0 Å². The van der Waals surface area contributed by atoms with Gasteiger partial charge in [-0.15, -0.1) is 0 Å². The molecule has 106 valence electrons. The molecule has 1 N–H and O–H groups in total. The van der Waals surface area contributed by atoms with Crippen molar-refractivity contribution in [3.63, 3.8) is 0 Å². The summed E-state index contributed by atoms with van der Waals surface area (Å²) in [6.07, 6.45) is 0.470. The van der Waals surface area contributed by atoms with Crippen LogP contribution in [-0.2, 0) is 4.74 Å². The van der Waals surface area contributed by atoms with E-state index in [0.29, 0.717) is 0 Å². The second kappa shape index (κ2) is 4.80. The molecule has 1 fully saturated rings. The number of ether oxygens (including phenoxy) is 2. The first kappa shape index (κ1) is 14.4. The van der Waals surface area contributed by atoms with Crippen molar-refractivity contribution in [1.29, 1.82) is 0 Å². The van der Waals surface area contributed by atoms with Crippen LogP contribution in [0.3, 0.4) is 0 Å². The molecule has 1 saturated heterocycles. The first-order chi connectivity index (χ1) is 8.70. The molecule has 3 heteroatoms. The fraction of sp³-hybridized carbons (Fsp3) is 0.625. The monoisotopic (exact) mass is 264 g/mol. The largest absolute Gasteiger partial charge is 0.487 e. The van der Waals surface area contributed by atoms with E-state index in [-0.39, 0.29) is 17.3 Å². The van der Waals surface area contributed by atoms with Crippen LogP contribution in [-0.4, -0.2) is 22.4 Å². The summed E-state index contributed by atoms with van der Waals surface area (Å²) in [6.45, 7) is 10.1. The number of rotatable bonds is 3. The summed E-state index contributed by atoms with van der Waals surface area (Å²) in [7, 11) is 0. The van der Waals surface area contributed by atoms with E-state index in [1.165, 1.54) is 0 Å². The molecule has 1 heterocycles. The highest BCUT2D eigenvalue weighted by atomic mass is 16.6. The molecule has 0 aliphatic carbocycles. The summed E-state index contributed by atoms with van der Waals surface area (Å²) >= 11 is 0. The van der Waals surface area contributed by atoms with Crippen LogP contribution in [0.1, 0.15) is 52.7 Å². The maximum absolute atomic E-state index is 9.49. The summed E-state index contributed by atoms with van der Waals surface area (Å²) in [5, 5.41) is 9.49. The van der Waals surface area contributed by atoms with E-state index in [2.05, 4.69) is 27.7 Å². The van der Waals surface area contributed by atoms with Crippen molar-refractivity contribution in [2.45, 2.75) is 64.4 Å². The molecule has 1 aromatic carbocycles. The molecule has 3 nitrogen and oxygen atoms in total. The van der Waals surface area contributed by atoms with Gasteiger partial charge in [-0.2, -0.15) is 0 Å². The van der Waals surface area contributed by atoms with Crippen LogP contribution >= 0.6 is 0 Å². The van der Waals surface area contributed by atoms with Crippen LogP contribution in [0.5, 0.6) is 5.75 Å². The minimum absolute atomic E-state index is 0.0416. The Balaban J connectivity index is 2.09.